The highest BCUT2D eigenvalue weighted by molar-refractivity contribution is 5.93. The number of amidine groups is 1. The Morgan fingerprint density at radius 2 is 1.71 bits per heavy atom. The van der Waals surface area contributed by atoms with Crippen molar-refractivity contribution < 1.29 is 5.21 Å². The van der Waals surface area contributed by atoms with Crippen molar-refractivity contribution in [1.29, 1.82) is 0 Å². The summed E-state index contributed by atoms with van der Waals surface area (Å²) in [5.74, 6) is 1.01. The van der Waals surface area contributed by atoms with Crippen LogP contribution in [0.5, 0.6) is 0 Å². The first-order valence-corrected chi connectivity index (χ1v) is 6.80. The zero-order chi connectivity index (χ0) is 12.7. The summed E-state index contributed by atoms with van der Waals surface area (Å²) in [6, 6.07) is 0. The third-order valence-corrected chi connectivity index (χ3v) is 4.29. The molecular weight excluding hydrogens is 214 g/mol. The van der Waals surface area contributed by atoms with E-state index < -0.39 is 11.2 Å². The van der Waals surface area contributed by atoms with Crippen molar-refractivity contribution in [2.45, 2.75) is 64.6 Å². The van der Waals surface area contributed by atoms with Gasteiger partial charge in [0.2, 0.25) is 0 Å². The third-order valence-electron chi connectivity index (χ3n) is 4.29. The molecule has 1 radical (unpaired) electrons. The number of likely N-dealkylation sites (tertiary alicyclic amines) is 1. The van der Waals surface area contributed by atoms with E-state index in [0.717, 1.165) is 31.8 Å². The van der Waals surface area contributed by atoms with E-state index >= 15 is 0 Å². The Morgan fingerprint density at radius 1 is 1.18 bits per heavy atom. The molecule has 1 saturated heterocycles. The van der Waals surface area contributed by atoms with Crippen molar-refractivity contribution in [3.8, 4) is 0 Å². The van der Waals surface area contributed by atoms with Gasteiger partial charge < -0.3 is 4.90 Å². The maximum Gasteiger partial charge on any atom is 0.141 e. The van der Waals surface area contributed by atoms with Gasteiger partial charge in [0.05, 0.1) is 0 Å². The average Bonchev–Trinajstić information content (AvgIpc) is 2.89. The van der Waals surface area contributed by atoms with Crippen LogP contribution in [0.15, 0.2) is 4.99 Å². The largest absolute Gasteiger partial charge is 0.359 e. The van der Waals surface area contributed by atoms with Gasteiger partial charge in [0, 0.05) is 13.1 Å². The van der Waals surface area contributed by atoms with E-state index in [9.17, 15) is 5.21 Å². The molecule has 1 fully saturated rings. The highest BCUT2D eigenvalue weighted by atomic mass is 16.5. The molecule has 0 aromatic carbocycles. The van der Waals surface area contributed by atoms with E-state index in [0.29, 0.717) is 0 Å². The first-order valence-electron chi connectivity index (χ1n) is 6.80. The van der Waals surface area contributed by atoms with Crippen molar-refractivity contribution >= 4 is 5.84 Å². The van der Waals surface area contributed by atoms with Crippen molar-refractivity contribution in [2.24, 2.45) is 4.99 Å². The lowest BCUT2D eigenvalue weighted by Crippen LogP contribution is -2.54. The van der Waals surface area contributed by atoms with Crippen LogP contribution in [0.3, 0.4) is 0 Å². The number of hydrogen-bond acceptors (Lipinski definition) is 3. The summed E-state index contributed by atoms with van der Waals surface area (Å²) < 4.78 is 0. The Balaban J connectivity index is 2.35. The molecule has 2 aliphatic heterocycles. The van der Waals surface area contributed by atoms with Crippen molar-refractivity contribution in [3.63, 3.8) is 0 Å². The summed E-state index contributed by atoms with van der Waals surface area (Å²) >= 11 is 0. The Labute approximate surface area is 104 Å². The molecule has 0 N–H and O–H groups in total. The van der Waals surface area contributed by atoms with Crippen molar-refractivity contribution in [1.82, 2.24) is 9.96 Å². The number of aliphatic imine (C=N–C) groups is 1. The molecule has 4 nitrogen and oxygen atoms in total. The smallest absolute Gasteiger partial charge is 0.141 e. The van der Waals surface area contributed by atoms with Crippen molar-refractivity contribution in [3.05, 3.63) is 0 Å². The normalized spacial score (nSPS) is 27.6. The predicted octanol–water partition coefficient (Wildman–Crippen LogP) is 2.44. The molecule has 0 atom stereocenters. The molecule has 0 unspecified atom stereocenters. The maximum atomic E-state index is 12.6. The molecule has 0 spiro atoms. The first-order chi connectivity index (χ1) is 7.98. The minimum atomic E-state index is -0.526. The minimum absolute atomic E-state index is 0.476. The lowest BCUT2D eigenvalue weighted by Gasteiger charge is -2.36. The zero-order valence-electron chi connectivity index (χ0n) is 11.5. The lowest BCUT2D eigenvalue weighted by molar-refractivity contribution is -0.252. The molecule has 0 bridgehead atoms. The maximum absolute atomic E-state index is 12.6. The molecule has 0 saturated carbocycles. The molecule has 2 heterocycles. The van der Waals surface area contributed by atoms with E-state index in [4.69, 9.17) is 4.99 Å². The quantitative estimate of drug-likeness (QED) is 0.741. The van der Waals surface area contributed by atoms with Crippen LogP contribution in [0, 0.1) is 0 Å². The third kappa shape index (κ3) is 1.78. The molecule has 2 rings (SSSR count). The molecule has 0 aromatic rings. The highest BCUT2D eigenvalue weighted by Gasteiger charge is 2.53. The first kappa shape index (κ1) is 12.8. The zero-order valence-corrected chi connectivity index (χ0v) is 11.5. The molecule has 4 heteroatoms. The summed E-state index contributed by atoms with van der Waals surface area (Å²) in [5, 5.41) is 13.8. The van der Waals surface area contributed by atoms with Gasteiger partial charge in [0.25, 0.3) is 0 Å². The van der Waals surface area contributed by atoms with Crippen LogP contribution >= 0.6 is 0 Å². The fourth-order valence-electron chi connectivity index (χ4n) is 3.07. The van der Waals surface area contributed by atoms with Crippen LogP contribution in [-0.2, 0) is 5.21 Å². The van der Waals surface area contributed by atoms with E-state index in [1.165, 1.54) is 17.9 Å². The van der Waals surface area contributed by atoms with Crippen molar-refractivity contribution in [2.75, 3.05) is 13.1 Å². The Hall–Kier alpha value is -0.610. The number of rotatable bonds is 2. The van der Waals surface area contributed by atoms with Crippen LogP contribution < -0.4 is 0 Å². The summed E-state index contributed by atoms with van der Waals surface area (Å²) in [6.07, 6.45) is 4.01. The molecule has 2 aliphatic rings. The van der Waals surface area contributed by atoms with Gasteiger partial charge in [0.15, 0.2) is 0 Å². The minimum Gasteiger partial charge on any atom is -0.359 e. The second kappa shape index (κ2) is 4.25. The van der Waals surface area contributed by atoms with Crippen LogP contribution in [0.4, 0.5) is 0 Å². The standard InChI is InChI=1S/C13H24N3O/c1-5-13(6-2)14-11(12(3,4)16(13)17)15-9-7-8-10-15/h5-10H2,1-4H3. The molecular formula is C13H24N3O. The highest BCUT2D eigenvalue weighted by Crippen LogP contribution is 2.39. The Morgan fingerprint density at radius 3 is 2.12 bits per heavy atom. The van der Waals surface area contributed by atoms with Gasteiger partial charge in [-0.05, 0) is 39.5 Å². The summed E-state index contributed by atoms with van der Waals surface area (Å²) in [5.41, 5.74) is -1.00. The Bertz CT molecular complexity index is 315. The van der Waals surface area contributed by atoms with E-state index in [-0.39, 0.29) is 0 Å². The van der Waals surface area contributed by atoms with Crippen LogP contribution in [0.25, 0.3) is 0 Å². The number of hydroxylamine groups is 2. The summed E-state index contributed by atoms with van der Waals surface area (Å²) in [6.45, 7) is 10.2. The summed E-state index contributed by atoms with van der Waals surface area (Å²) in [7, 11) is 0. The number of nitrogens with zero attached hydrogens (tertiary/aromatic N) is 3. The molecule has 0 amide bonds. The second-order valence-electron chi connectivity index (χ2n) is 5.67. The van der Waals surface area contributed by atoms with Crippen LogP contribution in [0.2, 0.25) is 0 Å². The van der Waals surface area contributed by atoms with Gasteiger partial charge in [-0.2, -0.15) is 0 Å². The molecule has 17 heavy (non-hydrogen) atoms. The van der Waals surface area contributed by atoms with Gasteiger partial charge in [-0.25, -0.2) is 4.99 Å². The second-order valence-corrected chi connectivity index (χ2v) is 5.67. The van der Waals surface area contributed by atoms with E-state index in [1.54, 1.807) is 0 Å². The van der Waals surface area contributed by atoms with Crippen LogP contribution in [0.1, 0.15) is 53.4 Å². The average molecular weight is 238 g/mol. The van der Waals surface area contributed by atoms with Gasteiger partial charge in [-0.1, -0.05) is 13.8 Å². The Kier molecular flexibility index (Phi) is 3.21. The topological polar surface area (TPSA) is 38.7 Å². The monoisotopic (exact) mass is 238 g/mol. The van der Waals surface area contributed by atoms with Gasteiger partial charge in [0.1, 0.15) is 17.0 Å². The summed E-state index contributed by atoms with van der Waals surface area (Å²) in [4.78, 5) is 7.13. The van der Waals surface area contributed by atoms with Gasteiger partial charge in [-0.15, -0.1) is 10.3 Å². The van der Waals surface area contributed by atoms with Gasteiger partial charge >= 0.3 is 0 Å². The van der Waals surface area contributed by atoms with Gasteiger partial charge in [-0.3, -0.25) is 0 Å². The molecule has 0 aliphatic carbocycles. The van der Waals surface area contributed by atoms with E-state index in [2.05, 4.69) is 18.7 Å². The molecule has 97 valence electrons. The van der Waals surface area contributed by atoms with Crippen LogP contribution in [-0.4, -0.2) is 40.1 Å². The predicted molar refractivity (Wildman–Crippen MR) is 68.2 cm³/mol. The fourth-order valence-corrected chi connectivity index (χ4v) is 3.07. The fraction of sp³-hybridized carbons (Fsp3) is 0.923. The molecule has 0 aromatic heterocycles. The lowest BCUT2D eigenvalue weighted by atomic mass is 9.99. The number of hydrogen-bond donors (Lipinski definition) is 0. The SMILES string of the molecule is CCC1(CC)N=C(N2CCCC2)C(C)(C)N1[O]. The van der Waals surface area contributed by atoms with E-state index in [1.807, 2.05) is 13.8 Å².